The van der Waals surface area contributed by atoms with Crippen molar-refractivity contribution >= 4 is 48.5 Å². The maximum Gasteiger partial charge on any atom is 0.278 e. The van der Waals surface area contributed by atoms with E-state index in [1.165, 1.54) is 27.8 Å². The number of carbonyl (C=O) groups is 1. The molecule has 15 heteroatoms. The number of benzene rings is 1. The van der Waals surface area contributed by atoms with Gasteiger partial charge in [-0.25, -0.2) is 18.4 Å². The molecule has 2 fully saturated rings. The van der Waals surface area contributed by atoms with Crippen molar-refractivity contribution in [2.45, 2.75) is 11.3 Å². The predicted molar refractivity (Wildman–Crippen MR) is 160 cm³/mol. The standard InChI is InChI=1S/C27H35N7O6S2/c1-32(2)11-19-40-23-9-8-22-26(29-23)41-27(28-22)30-25(35)24(31-33-12-16-39-17-13-33)20-4-6-21(7-5-20)42(36,37)34-10-3-15-38-18-14-34/h4-9H,3,10-19H2,1-2H3,(H,28,30,35)/b31-24+. The van der Waals surface area contributed by atoms with Crippen LogP contribution in [0.25, 0.3) is 10.3 Å². The molecule has 2 saturated heterocycles. The number of sulfonamides is 1. The van der Waals surface area contributed by atoms with Crippen molar-refractivity contribution < 1.29 is 27.4 Å². The van der Waals surface area contributed by atoms with Gasteiger partial charge in [0.2, 0.25) is 15.9 Å². The van der Waals surface area contributed by atoms with E-state index < -0.39 is 15.9 Å². The second-order valence-electron chi connectivity index (χ2n) is 10.0. The van der Waals surface area contributed by atoms with Crippen molar-refractivity contribution in [3.63, 3.8) is 0 Å². The lowest BCUT2D eigenvalue weighted by atomic mass is 10.1. The number of amides is 1. The van der Waals surface area contributed by atoms with Crippen molar-refractivity contribution in [1.82, 2.24) is 24.2 Å². The van der Waals surface area contributed by atoms with Gasteiger partial charge < -0.3 is 19.1 Å². The molecule has 4 heterocycles. The number of fused-ring (bicyclic) bond motifs is 1. The summed E-state index contributed by atoms with van der Waals surface area (Å²) < 4.78 is 44.4. The summed E-state index contributed by atoms with van der Waals surface area (Å²) in [5.41, 5.74) is 1.26. The average molecular weight is 618 g/mol. The molecule has 0 aliphatic carbocycles. The highest BCUT2D eigenvalue weighted by Crippen LogP contribution is 2.27. The van der Waals surface area contributed by atoms with Gasteiger partial charge in [-0.2, -0.15) is 9.41 Å². The SMILES string of the molecule is CN(C)CCOc1ccc2nc(NC(=O)/C(=N/N3CCOCC3)c3ccc(S(=O)(=O)N4CCCOCC4)cc3)sc2n1. The van der Waals surface area contributed by atoms with Crippen LogP contribution in [0.15, 0.2) is 46.4 Å². The maximum absolute atomic E-state index is 13.6. The molecule has 0 radical (unpaired) electrons. The summed E-state index contributed by atoms with van der Waals surface area (Å²) in [7, 11) is 0.245. The van der Waals surface area contributed by atoms with Crippen LogP contribution in [0.3, 0.4) is 0 Å². The van der Waals surface area contributed by atoms with Crippen LogP contribution in [0.5, 0.6) is 5.88 Å². The number of thiazole rings is 1. The number of hydrazone groups is 1. The number of anilines is 1. The van der Waals surface area contributed by atoms with E-state index in [4.69, 9.17) is 14.2 Å². The molecular formula is C27H35N7O6S2. The van der Waals surface area contributed by atoms with E-state index in [0.29, 0.717) is 92.6 Å². The van der Waals surface area contributed by atoms with E-state index in [0.717, 1.165) is 6.54 Å². The Bertz CT molecular complexity index is 1500. The van der Waals surface area contributed by atoms with Gasteiger partial charge in [-0.05, 0) is 38.7 Å². The number of hydrogen-bond donors (Lipinski definition) is 1. The zero-order chi connectivity index (χ0) is 29.5. The highest BCUT2D eigenvalue weighted by atomic mass is 32.2. The van der Waals surface area contributed by atoms with Crippen molar-refractivity contribution in [1.29, 1.82) is 0 Å². The van der Waals surface area contributed by atoms with Crippen molar-refractivity contribution in [3.8, 4) is 5.88 Å². The fraction of sp³-hybridized carbons (Fsp3) is 0.481. The van der Waals surface area contributed by atoms with Gasteiger partial charge in [0.15, 0.2) is 10.8 Å². The van der Waals surface area contributed by atoms with Gasteiger partial charge in [0.1, 0.15) is 17.0 Å². The van der Waals surface area contributed by atoms with E-state index in [-0.39, 0.29) is 10.6 Å². The molecule has 0 saturated carbocycles. The van der Waals surface area contributed by atoms with Gasteiger partial charge >= 0.3 is 0 Å². The van der Waals surface area contributed by atoms with Crippen LogP contribution in [0.2, 0.25) is 0 Å². The molecule has 42 heavy (non-hydrogen) atoms. The summed E-state index contributed by atoms with van der Waals surface area (Å²) in [4.78, 5) is 25.4. The van der Waals surface area contributed by atoms with E-state index >= 15 is 0 Å². The lowest BCUT2D eigenvalue weighted by Crippen LogP contribution is -2.35. The molecule has 1 amide bonds. The Labute approximate surface area is 249 Å². The molecule has 1 N–H and O–H groups in total. The topological polar surface area (TPSA) is 139 Å². The third-order valence-corrected chi connectivity index (χ3v) is 9.42. The Morgan fingerprint density at radius 1 is 1.02 bits per heavy atom. The second-order valence-corrected chi connectivity index (χ2v) is 12.9. The first-order valence-electron chi connectivity index (χ1n) is 13.8. The minimum Gasteiger partial charge on any atom is -0.476 e. The van der Waals surface area contributed by atoms with Crippen LogP contribution >= 0.6 is 11.3 Å². The maximum atomic E-state index is 13.6. The summed E-state index contributed by atoms with van der Waals surface area (Å²) in [6.45, 7) is 4.92. The number of likely N-dealkylation sites (N-methyl/N-ethyl adjacent to an activating group) is 1. The molecule has 2 aromatic heterocycles. The number of hydrogen-bond acceptors (Lipinski definition) is 12. The summed E-state index contributed by atoms with van der Waals surface area (Å²) in [6, 6.07) is 9.80. The van der Waals surface area contributed by atoms with Gasteiger partial charge in [0.25, 0.3) is 5.91 Å². The van der Waals surface area contributed by atoms with Crippen LogP contribution in [0.4, 0.5) is 5.13 Å². The minimum atomic E-state index is -3.69. The summed E-state index contributed by atoms with van der Waals surface area (Å²) in [5.74, 6) is 0.0199. The normalized spacial score (nSPS) is 17.4. The van der Waals surface area contributed by atoms with Crippen LogP contribution < -0.4 is 10.1 Å². The lowest BCUT2D eigenvalue weighted by Gasteiger charge is -2.25. The minimum absolute atomic E-state index is 0.143. The Morgan fingerprint density at radius 2 is 1.76 bits per heavy atom. The molecular weight excluding hydrogens is 582 g/mol. The van der Waals surface area contributed by atoms with Crippen molar-refractivity contribution in [2.75, 3.05) is 85.2 Å². The molecule has 13 nitrogen and oxygen atoms in total. The zero-order valence-corrected chi connectivity index (χ0v) is 25.3. The fourth-order valence-electron chi connectivity index (χ4n) is 4.35. The third-order valence-electron chi connectivity index (χ3n) is 6.63. The number of nitrogens with one attached hydrogen (secondary N) is 1. The highest BCUT2D eigenvalue weighted by Gasteiger charge is 2.26. The number of ether oxygens (including phenoxy) is 3. The average Bonchev–Trinajstić information content (AvgIpc) is 3.17. The molecule has 2 aliphatic heterocycles. The van der Waals surface area contributed by atoms with Crippen LogP contribution in [-0.4, -0.2) is 124 Å². The van der Waals surface area contributed by atoms with E-state index in [1.54, 1.807) is 29.3 Å². The molecule has 1 aromatic carbocycles. The number of morpholine rings is 1. The molecule has 0 unspecified atom stereocenters. The number of carbonyl (C=O) groups excluding carboxylic acids is 1. The predicted octanol–water partition coefficient (Wildman–Crippen LogP) is 1.72. The molecule has 5 rings (SSSR count). The van der Waals surface area contributed by atoms with Crippen molar-refractivity contribution in [3.05, 3.63) is 42.0 Å². The first kappa shape index (κ1) is 30.3. The number of aromatic nitrogens is 2. The molecule has 3 aromatic rings. The first-order chi connectivity index (χ1) is 20.3. The van der Waals surface area contributed by atoms with E-state index in [1.807, 2.05) is 19.0 Å². The molecule has 226 valence electrons. The highest BCUT2D eigenvalue weighted by molar-refractivity contribution is 7.89. The monoisotopic (exact) mass is 617 g/mol. The Morgan fingerprint density at radius 3 is 2.52 bits per heavy atom. The van der Waals surface area contributed by atoms with Crippen molar-refractivity contribution in [2.24, 2.45) is 5.10 Å². The largest absolute Gasteiger partial charge is 0.476 e. The molecule has 0 atom stereocenters. The van der Waals surface area contributed by atoms with E-state index in [2.05, 4.69) is 20.4 Å². The summed E-state index contributed by atoms with van der Waals surface area (Å²) >= 11 is 1.23. The molecule has 0 bridgehead atoms. The van der Waals surface area contributed by atoms with Gasteiger partial charge in [-0.1, -0.05) is 23.5 Å². The van der Waals surface area contributed by atoms with Crippen LogP contribution in [0.1, 0.15) is 12.0 Å². The summed E-state index contributed by atoms with van der Waals surface area (Å²) in [5, 5.41) is 9.62. The van der Waals surface area contributed by atoms with Gasteiger partial charge in [-0.3, -0.25) is 15.1 Å². The van der Waals surface area contributed by atoms with Gasteiger partial charge in [0.05, 0.1) is 37.8 Å². The number of pyridine rings is 1. The third kappa shape index (κ3) is 7.59. The quantitative estimate of drug-likeness (QED) is 0.335. The van der Waals surface area contributed by atoms with Gasteiger partial charge in [0, 0.05) is 37.9 Å². The van der Waals surface area contributed by atoms with Crippen LogP contribution in [0, 0.1) is 0 Å². The second kappa shape index (κ2) is 13.8. The summed E-state index contributed by atoms with van der Waals surface area (Å²) in [6.07, 6.45) is 0.639. The number of nitrogens with zero attached hydrogens (tertiary/aromatic N) is 6. The zero-order valence-electron chi connectivity index (χ0n) is 23.7. The Hall–Kier alpha value is -3.21. The first-order valence-corrected chi connectivity index (χ1v) is 16.0. The fourth-order valence-corrected chi connectivity index (χ4v) is 6.64. The van der Waals surface area contributed by atoms with E-state index in [9.17, 15) is 13.2 Å². The molecule has 2 aliphatic rings. The number of rotatable bonds is 10. The lowest BCUT2D eigenvalue weighted by molar-refractivity contribution is -0.110. The Kier molecular flexibility index (Phi) is 9.97. The molecule has 0 spiro atoms. The Balaban J connectivity index is 1.36. The smallest absolute Gasteiger partial charge is 0.278 e. The van der Waals surface area contributed by atoms with Gasteiger partial charge in [-0.15, -0.1) is 0 Å². The van der Waals surface area contributed by atoms with Crippen LogP contribution in [-0.2, 0) is 24.3 Å².